The Kier molecular flexibility index (Phi) is 1.84. The Hall–Kier alpha value is 0.390. The minimum absolute atomic E-state index is 0.210. The summed E-state index contributed by atoms with van der Waals surface area (Å²) in [6, 6.07) is 0. The fourth-order valence-corrected chi connectivity index (χ4v) is 3.05. The minimum Gasteiger partial charge on any atom is -0.217 e. The van der Waals surface area contributed by atoms with Crippen molar-refractivity contribution < 1.29 is 8.42 Å². The van der Waals surface area contributed by atoms with E-state index < -0.39 is 9.84 Å². The van der Waals surface area contributed by atoms with E-state index in [4.69, 9.17) is 0 Å². The van der Waals surface area contributed by atoms with Gasteiger partial charge in [-0.25, -0.2) is 8.42 Å². The van der Waals surface area contributed by atoms with Gasteiger partial charge >= 0.3 is 0 Å². The van der Waals surface area contributed by atoms with Gasteiger partial charge in [0.05, 0.1) is 0 Å². The van der Waals surface area contributed by atoms with Gasteiger partial charge in [0.25, 0.3) is 0 Å². The standard InChI is InChI=1S/C4H2Br2O2S/c5-3-1-2-4(6)9(3,7)8/h1-2H. The van der Waals surface area contributed by atoms with Crippen molar-refractivity contribution in [2.24, 2.45) is 0 Å². The van der Waals surface area contributed by atoms with Crippen molar-refractivity contribution in [3.8, 4) is 0 Å². The first-order valence-electron chi connectivity index (χ1n) is 2.03. The summed E-state index contributed by atoms with van der Waals surface area (Å²) in [5.41, 5.74) is 0. The van der Waals surface area contributed by atoms with Gasteiger partial charge in [0.15, 0.2) is 0 Å². The molecule has 0 fully saturated rings. The van der Waals surface area contributed by atoms with E-state index in [-0.39, 0.29) is 7.63 Å². The Morgan fingerprint density at radius 1 is 1.11 bits per heavy atom. The maximum absolute atomic E-state index is 10.9. The minimum atomic E-state index is -3.15. The second-order valence-electron chi connectivity index (χ2n) is 1.44. The predicted octanol–water partition coefficient (Wildman–Crippen LogP) is 1.89. The molecule has 0 saturated carbocycles. The summed E-state index contributed by atoms with van der Waals surface area (Å²) in [5, 5.41) is 0. The number of allylic oxidation sites excluding steroid dienone is 2. The van der Waals surface area contributed by atoms with Crippen LogP contribution in [0.25, 0.3) is 0 Å². The van der Waals surface area contributed by atoms with E-state index in [1.54, 1.807) is 0 Å². The van der Waals surface area contributed by atoms with Gasteiger partial charge in [-0.15, -0.1) is 0 Å². The van der Waals surface area contributed by atoms with Gasteiger partial charge in [-0.2, -0.15) is 0 Å². The quantitative estimate of drug-likeness (QED) is 0.676. The topological polar surface area (TPSA) is 34.1 Å². The normalized spacial score (nSPS) is 23.3. The van der Waals surface area contributed by atoms with Crippen LogP contribution in [0.5, 0.6) is 0 Å². The number of halogens is 2. The maximum atomic E-state index is 10.9. The monoisotopic (exact) mass is 272 g/mol. The summed E-state index contributed by atoms with van der Waals surface area (Å²) in [4.78, 5) is 0. The summed E-state index contributed by atoms with van der Waals surface area (Å²) in [7, 11) is -3.15. The van der Waals surface area contributed by atoms with E-state index in [1.165, 1.54) is 12.2 Å². The van der Waals surface area contributed by atoms with E-state index in [0.717, 1.165) is 0 Å². The van der Waals surface area contributed by atoms with Gasteiger partial charge < -0.3 is 0 Å². The molecule has 1 aliphatic rings. The Labute approximate surface area is 69.8 Å². The van der Waals surface area contributed by atoms with Gasteiger partial charge in [0, 0.05) is 0 Å². The highest BCUT2D eigenvalue weighted by Gasteiger charge is 2.22. The highest BCUT2D eigenvalue weighted by atomic mass is 79.9. The molecule has 0 N–H and O–H groups in total. The Balaban J connectivity index is 3.29. The molecule has 0 atom stereocenters. The van der Waals surface area contributed by atoms with E-state index in [0.29, 0.717) is 0 Å². The van der Waals surface area contributed by atoms with Gasteiger partial charge in [-0.3, -0.25) is 0 Å². The van der Waals surface area contributed by atoms with Crippen LogP contribution >= 0.6 is 31.9 Å². The molecule has 0 aromatic rings. The molecule has 0 aromatic carbocycles. The van der Waals surface area contributed by atoms with E-state index in [2.05, 4.69) is 31.9 Å². The Morgan fingerprint density at radius 2 is 1.44 bits per heavy atom. The molecule has 0 aliphatic carbocycles. The lowest BCUT2D eigenvalue weighted by Gasteiger charge is -1.90. The summed E-state index contributed by atoms with van der Waals surface area (Å²) < 4.78 is 22.1. The lowest BCUT2D eigenvalue weighted by Crippen LogP contribution is -1.92. The van der Waals surface area contributed by atoms with Gasteiger partial charge in [0.2, 0.25) is 9.84 Å². The number of sulfone groups is 1. The smallest absolute Gasteiger partial charge is 0.217 e. The molecule has 50 valence electrons. The number of hydrogen-bond acceptors (Lipinski definition) is 2. The highest BCUT2D eigenvalue weighted by Crippen LogP contribution is 2.31. The van der Waals surface area contributed by atoms with Crippen LogP contribution in [0, 0.1) is 0 Å². The number of rotatable bonds is 0. The molecule has 1 rings (SSSR count). The maximum Gasteiger partial charge on any atom is 0.219 e. The van der Waals surface area contributed by atoms with Crippen LogP contribution in [-0.2, 0) is 9.84 Å². The molecule has 0 aromatic heterocycles. The lowest BCUT2D eigenvalue weighted by atomic mass is 10.6. The summed E-state index contributed by atoms with van der Waals surface area (Å²) in [6.07, 6.45) is 2.97. The largest absolute Gasteiger partial charge is 0.219 e. The second-order valence-corrected chi connectivity index (χ2v) is 6.09. The SMILES string of the molecule is O=S1(=O)C(Br)=CC=C1Br. The van der Waals surface area contributed by atoms with Crippen molar-refractivity contribution in [1.29, 1.82) is 0 Å². The van der Waals surface area contributed by atoms with Gasteiger partial charge in [-0.1, -0.05) is 0 Å². The summed E-state index contributed by atoms with van der Waals surface area (Å²) in [5.74, 6) is 0. The zero-order valence-electron chi connectivity index (χ0n) is 4.14. The van der Waals surface area contributed by atoms with E-state index in [9.17, 15) is 8.42 Å². The summed E-state index contributed by atoms with van der Waals surface area (Å²) >= 11 is 5.78. The van der Waals surface area contributed by atoms with Crippen molar-refractivity contribution in [1.82, 2.24) is 0 Å². The van der Waals surface area contributed by atoms with Crippen molar-refractivity contribution in [2.45, 2.75) is 0 Å². The van der Waals surface area contributed by atoms with E-state index in [1.807, 2.05) is 0 Å². The van der Waals surface area contributed by atoms with Crippen molar-refractivity contribution in [3.63, 3.8) is 0 Å². The van der Waals surface area contributed by atoms with Crippen LogP contribution in [0.4, 0.5) is 0 Å². The average molecular weight is 274 g/mol. The molecule has 0 amide bonds. The molecular weight excluding hydrogens is 272 g/mol. The van der Waals surface area contributed by atoms with Crippen LogP contribution in [0.2, 0.25) is 0 Å². The van der Waals surface area contributed by atoms with Crippen LogP contribution in [0.1, 0.15) is 0 Å². The first kappa shape index (κ1) is 7.50. The van der Waals surface area contributed by atoms with Crippen molar-refractivity contribution >= 4 is 41.7 Å². The van der Waals surface area contributed by atoms with Crippen molar-refractivity contribution in [3.05, 3.63) is 19.8 Å². The molecule has 0 saturated heterocycles. The van der Waals surface area contributed by atoms with E-state index >= 15 is 0 Å². The Bertz CT molecular complexity index is 262. The van der Waals surface area contributed by atoms with Crippen LogP contribution < -0.4 is 0 Å². The molecule has 9 heavy (non-hydrogen) atoms. The Morgan fingerprint density at radius 3 is 1.56 bits per heavy atom. The highest BCUT2D eigenvalue weighted by molar-refractivity contribution is 9.16. The van der Waals surface area contributed by atoms with Gasteiger partial charge in [-0.05, 0) is 44.0 Å². The molecular formula is C4H2Br2O2S. The third kappa shape index (κ3) is 1.13. The predicted molar refractivity (Wildman–Crippen MR) is 42.9 cm³/mol. The second kappa shape index (κ2) is 2.21. The number of hydrogen-bond donors (Lipinski definition) is 0. The fourth-order valence-electron chi connectivity index (χ4n) is 0.403. The summed E-state index contributed by atoms with van der Waals surface area (Å²) in [6.45, 7) is 0. The average Bonchev–Trinajstić information content (AvgIpc) is 1.96. The molecule has 0 unspecified atom stereocenters. The zero-order valence-corrected chi connectivity index (χ0v) is 8.12. The molecule has 5 heteroatoms. The fraction of sp³-hybridized carbons (Fsp3) is 0. The van der Waals surface area contributed by atoms with Crippen LogP contribution in [0.3, 0.4) is 0 Å². The third-order valence-electron chi connectivity index (χ3n) is 0.859. The zero-order chi connectivity index (χ0) is 7.07. The first-order valence-corrected chi connectivity index (χ1v) is 5.10. The van der Waals surface area contributed by atoms with Gasteiger partial charge in [0.1, 0.15) is 7.63 Å². The molecule has 1 heterocycles. The van der Waals surface area contributed by atoms with Crippen LogP contribution in [0.15, 0.2) is 19.8 Å². The lowest BCUT2D eigenvalue weighted by molar-refractivity contribution is 0.612. The third-order valence-corrected chi connectivity index (χ3v) is 5.24. The molecule has 0 spiro atoms. The molecule has 0 radical (unpaired) electrons. The molecule has 1 aliphatic heterocycles. The molecule has 2 nitrogen and oxygen atoms in total. The molecule has 0 bridgehead atoms. The van der Waals surface area contributed by atoms with Crippen LogP contribution in [-0.4, -0.2) is 8.42 Å². The first-order chi connectivity index (χ1) is 4.05. The van der Waals surface area contributed by atoms with Crippen molar-refractivity contribution in [2.75, 3.05) is 0 Å².